The Bertz CT molecular complexity index is 999. The monoisotopic (exact) mass is 402 g/mol. The van der Waals surface area contributed by atoms with Gasteiger partial charge in [0, 0.05) is 19.1 Å². The van der Waals surface area contributed by atoms with E-state index >= 15 is 0 Å². The molecule has 5 nitrogen and oxygen atoms in total. The summed E-state index contributed by atoms with van der Waals surface area (Å²) in [7, 11) is 1.39. The Morgan fingerprint density at radius 1 is 0.900 bits per heavy atom. The van der Waals surface area contributed by atoms with Crippen LogP contribution in [-0.4, -0.2) is 30.9 Å². The topological polar surface area (TPSA) is 65.0 Å². The summed E-state index contributed by atoms with van der Waals surface area (Å²) in [6.07, 6.45) is -0.535. The molecule has 3 rings (SSSR count). The first-order valence-electron chi connectivity index (χ1n) is 9.43. The van der Waals surface area contributed by atoms with E-state index in [1.54, 1.807) is 0 Å². The first-order chi connectivity index (χ1) is 14.6. The predicted molar refractivity (Wildman–Crippen MR) is 114 cm³/mol. The van der Waals surface area contributed by atoms with Crippen molar-refractivity contribution < 1.29 is 24.1 Å². The summed E-state index contributed by atoms with van der Waals surface area (Å²) < 4.78 is 16.3. The number of methoxy groups -OCH3 is 1. The second-order valence-corrected chi connectivity index (χ2v) is 6.44. The minimum Gasteiger partial charge on any atom is -0.481 e. The van der Waals surface area contributed by atoms with E-state index in [-0.39, 0.29) is 6.61 Å². The van der Waals surface area contributed by atoms with Crippen molar-refractivity contribution in [3.63, 3.8) is 0 Å². The van der Waals surface area contributed by atoms with Crippen LogP contribution in [0.25, 0.3) is 0 Å². The summed E-state index contributed by atoms with van der Waals surface area (Å²) >= 11 is 0. The second-order valence-electron chi connectivity index (χ2n) is 6.44. The maximum Gasteiger partial charge on any atom is 0.333 e. The van der Waals surface area contributed by atoms with Crippen molar-refractivity contribution in [3.8, 4) is 29.1 Å². The maximum absolute atomic E-state index is 11.0. The van der Waals surface area contributed by atoms with Gasteiger partial charge < -0.3 is 19.3 Å². The normalized spacial score (nSPS) is 11.1. The van der Waals surface area contributed by atoms with Gasteiger partial charge in [-0.2, -0.15) is 0 Å². The van der Waals surface area contributed by atoms with Gasteiger partial charge in [-0.05, 0) is 54.1 Å². The van der Waals surface area contributed by atoms with Crippen LogP contribution in [0.3, 0.4) is 0 Å². The number of carboxylic acids is 1. The van der Waals surface area contributed by atoms with E-state index in [0.29, 0.717) is 12.2 Å². The van der Waals surface area contributed by atoms with Gasteiger partial charge in [-0.1, -0.05) is 42.2 Å². The molecule has 0 aromatic heterocycles. The van der Waals surface area contributed by atoms with Crippen molar-refractivity contribution in [1.82, 2.24) is 0 Å². The van der Waals surface area contributed by atoms with Crippen LogP contribution in [0.2, 0.25) is 0 Å². The Hall–Kier alpha value is -3.75. The molecule has 0 unspecified atom stereocenters. The van der Waals surface area contributed by atoms with E-state index in [9.17, 15) is 4.79 Å². The van der Waals surface area contributed by atoms with Crippen molar-refractivity contribution in [3.05, 3.63) is 90.0 Å². The molecule has 0 saturated carbocycles. The lowest BCUT2D eigenvalue weighted by Gasteiger charge is -2.10. The molecule has 0 aliphatic heterocycles. The van der Waals surface area contributed by atoms with Gasteiger partial charge in [0.05, 0.1) is 0 Å². The van der Waals surface area contributed by atoms with Gasteiger partial charge in [0.1, 0.15) is 23.9 Å². The van der Waals surface area contributed by atoms with E-state index in [1.165, 1.54) is 7.11 Å². The molecule has 0 fully saturated rings. The molecule has 0 bridgehead atoms. The number of para-hydroxylation sites is 1. The quantitative estimate of drug-likeness (QED) is 0.560. The fraction of sp³-hybridized carbons (Fsp3) is 0.160. The molecule has 5 heteroatoms. The van der Waals surface area contributed by atoms with Gasteiger partial charge in [0.15, 0.2) is 6.10 Å². The summed E-state index contributed by atoms with van der Waals surface area (Å²) in [5, 5.41) is 9.04. The molecule has 3 aromatic carbocycles. The number of carbonyl (C=O) groups is 1. The number of rotatable bonds is 8. The van der Waals surface area contributed by atoms with Crippen LogP contribution in [-0.2, 0) is 16.0 Å². The lowest BCUT2D eigenvalue weighted by molar-refractivity contribution is -0.148. The van der Waals surface area contributed by atoms with Crippen molar-refractivity contribution >= 4 is 5.97 Å². The third-order valence-electron chi connectivity index (χ3n) is 4.28. The van der Waals surface area contributed by atoms with Gasteiger partial charge in [-0.25, -0.2) is 4.79 Å². The number of benzene rings is 3. The van der Waals surface area contributed by atoms with Crippen LogP contribution >= 0.6 is 0 Å². The fourth-order valence-corrected chi connectivity index (χ4v) is 2.70. The number of ether oxygens (including phenoxy) is 3. The first-order valence-corrected chi connectivity index (χ1v) is 9.43. The second kappa shape index (κ2) is 10.7. The number of carboxylic acid groups (broad SMARTS) is 1. The fourth-order valence-electron chi connectivity index (χ4n) is 2.70. The van der Waals surface area contributed by atoms with Crippen LogP contribution in [0.5, 0.6) is 17.2 Å². The van der Waals surface area contributed by atoms with Crippen LogP contribution in [0.1, 0.15) is 11.1 Å². The Balaban J connectivity index is 1.48. The van der Waals surface area contributed by atoms with Crippen molar-refractivity contribution in [1.29, 1.82) is 0 Å². The van der Waals surface area contributed by atoms with Crippen LogP contribution in [0, 0.1) is 11.8 Å². The number of aliphatic carboxylic acids is 1. The lowest BCUT2D eigenvalue weighted by Crippen LogP contribution is -2.24. The SMILES string of the molecule is CO[C@@H](Cc1ccc(C#CCOc2ccc(Oc3ccccc3)cc2)cc1)C(=O)O. The summed E-state index contributed by atoms with van der Waals surface area (Å²) in [5.74, 6) is 7.25. The minimum atomic E-state index is -0.974. The number of hydrogen-bond acceptors (Lipinski definition) is 4. The largest absolute Gasteiger partial charge is 0.481 e. The summed E-state index contributed by atoms with van der Waals surface area (Å²) in [6, 6.07) is 24.4. The molecule has 0 amide bonds. The Labute approximate surface area is 175 Å². The van der Waals surface area contributed by atoms with Crippen LogP contribution in [0.4, 0.5) is 0 Å². The van der Waals surface area contributed by atoms with Gasteiger partial charge in [-0.3, -0.25) is 0 Å². The average molecular weight is 402 g/mol. The lowest BCUT2D eigenvalue weighted by atomic mass is 10.1. The Morgan fingerprint density at radius 2 is 1.53 bits per heavy atom. The van der Waals surface area contributed by atoms with Crippen LogP contribution < -0.4 is 9.47 Å². The van der Waals surface area contributed by atoms with Gasteiger partial charge in [0.2, 0.25) is 0 Å². The minimum absolute atomic E-state index is 0.255. The average Bonchev–Trinajstić information content (AvgIpc) is 2.77. The van der Waals surface area contributed by atoms with E-state index in [2.05, 4.69) is 11.8 Å². The Morgan fingerprint density at radius 3 is 2.17 bits per heavy atom. The third-order valence-corrected chi connectivity index (χ3v) is 4.28. The molecular weight excluding hydrogens is 380 g/mol. The van der Waals surface area contributed by atoms with Gasteiger partial charge in [-0.15, -0.1) is 0 Å². The van der Waals surface area contributed by atoms with Crippen LogP contribution in [0.15, 0.2) is 78.9 Å². The summed E-state index contributed by atoms with van der Waals surface area (Å²) in [4.78, 5) is 11.0. The van der Waals surface area contributed by atoms with E-state index < -0.39 is 12.1 Å². The summed E-state index contributed by atoms with van der Waals surface area (Å²) in [5.41, 5.74) is 1.71. The molecule has 0 heterocycles. The molecular formula is C25H22O5. The molecule has 1 N–H and O–H groups in total. The predicted octanol–water partition coefficient (Wildman–Crippen LogP) is 4.55. The molecule has 30 heavy (non-hydrogen) atoms. The molecule has 0 aliphatic carbocycles. The zero-order valence-corrected chi connectivity index (χ0v) is 16.6. The highest BCUT2D eigenvalue weighted by Crippen LogP contribution is 2.23. The standard InChI is InChI=1S/C25H22O5/c1-28-24(25(26)27)18-20-11-9-19(10-12-20)6-5-17-29-21-13-15-23(16-14-21)30-22-7-3-2-4-8-22/h2-4,7-16,24H,17-18H2,1H3,(H,26,27)/t24-/m0/s1. The molecule has 3 aromatic rings. The van der Waals surface area contributed by atoms with Gasteiger partial charge >= 0.3 is 5.97 Å². The van der Waals surface area contributed by atoms with E-state index in [1.807, 2.05) is 78.9 Å². The molecule has 0 saturated heterocycles. The Kier molecular flexibility index (Phi) is 7.48. The van der Waals surface area contributed by atoms with E-state index in [4.69, 9.17) is 19.3 Å². The molecule has 152 valence electrons. The van der Waals surface area contributed by atoms with E-state index in [0.717, 1.165) is 22.6 Å². The molecule has 1 atom stereocenters. The zero-order chi connectivity index (χ0) is 21.2. The molecule has 0 spiro atoms. The van der Waals surface area contributed by atoms with Crippen molar-refractivity contribution in [2.24, 2.45) is 0 Å². The smallest absolute Gasteiger partial charge is 0.333 e. The highest BCUT2D eigenvalue weighted by atomic mass is 16.5. The third kappa shape index (κ3) is 6.40. The highest BCUT2D eigenvalue weighted by molar-refractivity contribution is 5.72. The maximum atomic E-state index is 11.0. The zero-order valence-electron chi connectivity index (χ0n) is 16.6. The molecule has 0 aliphatic rings. The van der Waals surface area contributed by atoms with Crippen molar-refractivity contribution in [2.45, 2.75) is 12.5 Å². The highest BCUT2D eigenvalue weighted by Gasteiger charge is 2.16. The van der Waals surface area contributed by atoms with Gasteiger partial charge in [0.25, 0.3) is 0 Å². The first kappa shape index (κ1) is 21.0. The summed E-state index contributed by atoms with van der Waals surface area (Å²) in [6.45, 7) is 0.255. The number of hydrogen-bond donors (Lipinski definition) is 1. The molecule has 0 radical (unpaired) electrons. The van der Waals surface area contributed by atoms with Crippen molar-refractivity contribution in [2.75, 3.05) is 13.7 Å².